The van der Waals surface area contributed by atoms with Crippen LogP contribution in [-0.4, -0.2) is 55.7 Å². The number of urea groups is 1. The minimum Gasteiger partial charge on any atom is -0.357 e. The van der Waals surface area contributed by atoms with Gasteiger partial charge in [0.1, 0.15) is 0 Å². The van der Waals surface area contributed by atoms with E-state index in [1.165, 1.54) is 25.9 Å². The molecule has 8 heteroatoms. The lowest BCUT2D eigenvalue weighted by Crippen LogP contribution is -2.39. The average Bonchev–Trinajstić information content (AvgIpc) is 2.71. The Hall–Kier alpha value is -1.55. The summed E-state index contributed by atoms with van der Waals surface area (Å²) in [5.41, 5.74) is 1.88. The average molecular weight is 545 g/mol. The van der Waals surface area contributed by atoms with Gasteiger partial charge in [-0.2, -0.15) is 0 Å². The topological polar surface area (TPSA) is 80.8 Å². The fourth-order valence-corrected chi connectivity index (χ4v) is 3.43. The van der Waals surface area contributed by atoms with Crippen molar-refractivity contribution in [2.24, 2.45) is 10.9 Å². The van der Waals surface area contributed by atoms with Gasteiger partial charge in [-0.05, 0) is 83.3 Å². The van der Waals surface area contributed by atoms with Gasteiger partial charge in [0.2, 0.25) is 0 Å². The number of amides is 2. The quantitative estimate of drug-likeness (QED) is 0.164. The van der Waals surface area contributed by atoms with Gasteiger partial charge >= 0.3 is 6.03 Å². The number of guanidine groups is 1. The molecule has 1 aromatic carbocycles. The van der Waals surface area contributed by atoms with Gasteiger partial charge in [-0.3, -0.25) is 0 Å². The van der Waals surface area contributed by atoms with Crippen molar-refractivity contribution in [1.29, 1.82) is 0 Å². The number of aliphatic imine (C=N–C) groups is 1. The number of piperidine rings is 1. The molecule has 0 bridgehead atoms. The molecule has 1 heterocycles. The molecular formula is C23H41IN6O. The smallest absolute Gasteiger partial charge is 0.319 e. The highest BCUT2D eigenvalue weighted by molar-refractivity contribution is 14.0. The highest BCUT2D eigenvalue weighted by Crippen LogP contribution is 2.15. The van der Waals surface area contributed by atoms with Crippen molar-refractivity contribution in [3.05, 3.63) is 29.8 Å². The first-order chi connectivity index (χ1) is 14.5. The van der Waals surface area contributed by atoms with Gasteiger partial charge in [-0.25, -0.2) is 9.79 Å². The van der Waals surface area contributed by atoms with E-state index in [1.54, 1.807) is 0 Å². The zero-order valence-electron chi connectivity index (χ0n) is 19.5. The summed E-state index contributed by atoms with van der Waals surface area (Å²) in [5, 5.41) is 12.4. The number of carbonyl (C=O) groups excluding carboxylic acids is 1. The van der Waals surface area contributed by atoms with E-state index in [0.717, 1.165) is 49.2 Å². The Labute approximate surface area is 205 Å². The number of halogens is 1. The van der Waals surface area contributed by atoms with Crippen LogP contribution in [0.1, 0.15) is 52.5 Å². The van der Waals surface area contributed by atoms with Crippen molar-refractivity contribution >= 4 is 41.7 Å². The molecular weight excluding hydrogens is 503 g/mol. The number of hydrogen-bond donors (Lipinski definition) is 4. The molecule has 0 aromatic heterocycles. The maximum Gasteiger partial charge on any atom is 0.319 e. The van der Waals surface area contributed by atoms with E-state index in [9.17, 15) is 4.79 Å². The van der Waals surface area contributed by atoms with Crippen molar-refractivity contribution in [2.45, 2.75) is 59.5 Å². The number of hydrogen-bond acceptors (Lipinski definition) is 3. The number of anilines is 1. The molecule has 2 rings (SSSR count). The third-order valence-corrected chi connectivity index (χ3v) is 5.22. The Morgan fingerprint density at radius 3 is 2.45 bits per heavy atom. The minimum atomic E-state index is -0.187. The van der Waals surface area contributed by atoms with Crippen LogP contribution in [0.15, 0.2) is 29.3 Å². The Morgan fingerprint density at radius 1 is 1.16 bits per heavy atom. The van der Waals surface area contributed by atoms with Crippen LogP contribution >= 0.6 is 24.0 Å². The van der Waals surface area contributed by atoms with Gasteiger partial charge in [-0.1, -0.05) is 19.1 Å². The summed E-state index contributed by atoms with van der Waals surface area (Å²) in [7, 11) is 0. The van der Waals surface area contributed by atoms with E-state index in [-0.39, 0.29) is 36.0 Å². The molecule has 0 aliphatic carbocycles. The van der Waals surface area contributed by atoms with E-state index in [4.69, 9.17) is 0 Å². The number of benzene rings is 1. The largest absolute Gasteiger partial charge is 0.357 e. The minimum absolute atomic E-state index is 0. The highest BCUT2D eigenvalue weighted by atomic mass is 127. The third-order valence-electron chi connectivity index (χ3n) is 5.22. The number of carbonyl (C=O) groups is 1. The van der Waals surface area contributed by atoms with Crippen LogP contribution in [0, 0.1) is 5.92 Å². The highest BCUT2D eigenvalue weighted by Gasteiger charge is 2.14. The molecule has 1 aliphatic rings. The zero-order chi connectivity index (χ0) is 21.8. The molecule has 2 amide bonds. The summed E-state index contributed by atoms with van der Waals surface area (Å²) in [6.45, 7) is 14.3. The van der Waals surface area contributed by atoms with Crippen LogP contribution in [-0.2, 0) is 6.54 Å². The van der Waals surface area contributed by atoms with Gasteiger partial charge in [0.25, 0.3) is 0 Å². The zero-order valence-corrected chi connectivity index (χ0v) is 21.9. The Balaban J connectivity index is 0.00000480. The van der Waals surface area contributed by atoms with Crippen molar-refractivity contribution in [1.82, 2.24) is 20.9 Å². The van der Waals surface area contributed by atoms with E-state index in [2.05, 4.69) is 45.0 Å². The fourth-order valence-electron chi connectivity index (χ4n) is 3.43. The Morgan fingerprint density at radius 2 is 1.84 bits per heavy atom. The molecule has 1 aromatic rings. The summed E-state index contributed by atoms with van der Waals surface area (Å²) >= 11 is 0. The van der Waals surface area contributed by atoms with Crippen LogP contribution in [0.5, 0.6) is 0 Å². The lowest BCUT2D eigenvalue weighted by molar-refractivity contribution is 0.191. The first kappa shape index (κ1) is 27.5. The molecule has 7 nitrogen and oxygen atoms in total. The molecule has 0 unspecified atom stereocenters. The van der Waals surface area contributed by atoms with Gasteiger partial charge in [0.05, 0.1) is 6.54 Å². The molecule has 1 fully saturated rings. The van der Waals surface area contributed by atoms with Crippen LogP contribution in [0.25, 0.3) is 0 Å². The first-order valence-electron chi connectivity index (χ1n) is 11.4. The molecule has 1 aliphatic heterocycles. The molecule has 176 valence electrons. The van der Waals surface area contributed by atoms with Crippen LogP contribution < -0.4 is 21.3 Å². The second-order valence-corrected chi connectivity index (χ2v) is 8.45. The second kappa shape index (κ2) is 15.3. The van der Waals surface area contributed by atoms with E-state index >= 15 is 0 Å². The maximum absolute atomic E-state index is 11.8. The van der Waals surface area contributed by atoms with Crippen molar-refractivity contribution in [2.75, 3.05) is 38.0 Å². The van der Waals surface area contributed by atoms with E-state index < -0.39 is 0 Å². The second-order valence-electron chi connectivity index (χ2n) is 8.45. The normalized spacial score (nSPS) is 15.3. The van der Waals surface area contributed by atoms with Gasteiger partial charge in [0.15, 0.2) is 5.96 Å². The summed E-state index contributed by atoms with van der Waals surface area (Å²) in [5.74, 6) is 1.73. The molecule has 0 atom stereocenters. The Kier molecular flexibility index (Phi) is 13.6. The number of nitrogens with one attached hydrogen (secondary N) is 4. The molecule has 0 radical (unpaired) electrons. The number of likely N-dealkylation sites (tertiary alicyclic amines) is 1. The van der Waals surface area contributed by atoms with Crippen molar-refractivity contribution < 1.29 is 4.79 Å². The lowest BCUT2D eigenvalue weighted by atomic mass is 9.99. The van der Waals surface area contributed by atoms with Gasteiger partial charge in [0, 0.05) is 24.8 Å². The number of nitrogens with zero attached hydrogens (tertiary/aromatic N) is 2. The van der Waals surface area contributed by atoms with Crippen LogP contribution in [0.2, 0.25) is 0 Å². The lowest BCUT2D eigenvalue weighted by Gasteiger charge is -2.30. The molecule has 31 heavy (non-hydrogen) atoms. The summed E-state index contributed by atoms with van der Waals surface area (Å²) in [6, 6.07) is 7.73. The predicted molar refractivity (Wildman–Crippen MR) is 141 cm³/mol. The Bertz CT molecular complexity index is 657. The predicted octanol–water partition coefficient (Wildman–Crippen LogP) is 4.01. The molecule has 4 N–H and O–H groups in total. The van der Waals surface area contributed by atoms with Gasteiger partial charge < -0.3 is 26.2 Å². The summed E-state index contributed by atoms with van der Waals surface area (Å²) in [6.07, 6.45) is 3.78. The monoisotopic (exact) mass is 544 g/mol. The maximum atomic E-state index is 11.8. The fraction of sp³-hybridized carbons (Fsp3) is 0.652. The number of rotatable bonds is 9. The van der Waals surface area contributed by atoms with Crippen LogP contribution in [0.3, 0.4) is 0 Å². The van der Waals surface area contributed by atoms with E-state index in [1.807, 2.05) is 38.1 Å². The molecule has 0 spiro atoms. The van der Waals surface area contributed by atoms with Crippen LogP contribution in [0.4, 0.5) is 10.5 Å². The SMILES string of the molecule is CCNC(=NCc1ccc(NC(=O)NC(C)C)cc1)NCCCN1CCC(C)CC1.I. The first-order valence-corrected chi connectivity index (χ1v) is 11.4. The molecule has 0 saturated carbocycles. The van der Waals surface area contributed by atoms with Gasteiger partial charge in [-0.15, -0.1) is 24.0 Å². The van der Waals surface area contributed by atoms with E-state index in [0.29, 0.717) is 6.54 Å². The summed E-state index contributed by atoms with van der Waals surface area (Å²) in [4.78, 5) is 19.0. The summed E-state index contributed by atoms with van der Waals surface area (Å²) < 4.78 is 0. The third kappa shape index (κ3) is 11.6. The van der Waals surface area contributed by atoms with Crippen molar-refractivity contribution in [3.8, 4) is 0 Å². The standard InChI is InChI=1S/C23H40N6O.HI/c1-5-24-22(25-13-6-14-29-15-11-19(4)12-16-29)26-17-20-7-9-21(10-8-20)28-23(30)27-18(2)3;/h7-10,18-19H,5-6,11-17H2,1-4H3,(H2,24,25,26)(H2,27,28,30);1H. The van der Waals surface area contributed by atoms with Crippen molar-refractivity contribution in [3.63, 3.8) is 0 Å². The molecule has 1 saturated heterocycles.